The molecule has 6 N–H and O–H groups in total. The van der Waals surface area contributed by atoms with E-state index < -0.39 is 47.8 Å². The minimum Gasteiger partial charge on any atom is -0.490 e. The van der Waals surface area contributed by atoms with Crippen LogP contribution in [0.3, 0.4) is 0 Å². The Morgan fingerprint density at radius 1 is 0.894 bits per heavy atom. The van der Waals surface area contributed by atoms with Crippen LogP contribution in [0.2, 0.25) is 0 Å². The maximum absolute atomic E-state index is 13.3. The highest BCUT2D eigenvalue weighted by Gasteiger charge is 2.49. The van der Waals surface area contributed by atoms with Gasteiger partial charge < -0.3 is 35.6 Å². The molecule has 1 aromatic carbocycles. The third kappa shape index (κ3) is 17.1. The Kier molecular flexibility index (Phi) is 20.0. The van der Waals surface area contributed by atoms with Crippen LogP contribution in [-0.4, -0.2) is 73.7 Å². The Hall–Kier alpha value is -3.70. The van der Waals surface area contributed by atoms with Gasteiger partial charge in [0.1, 0.15) is 18.4 Å². The van der Waals surface area contributed by atoms with Gasteiger partial charge in [0.15, 0.2) is 5.60 Å². The Morgan fingerprint density at radius 3 is 2.02 bits per heavy atom. The van der Waals surface area contributed by atoms with Gasteiger partial charge in [0.05, 0.1) is 18.4 Å². The number of rotatable bonds is 26. The van der Waals surface area contributed by atoms with Gasteiger partial charge >= 0.3 is 17.9 Å². The number of aliphatic hydroxyl groups excluding tert-OH is 1. The standard InChI is InChI=1S/C36H55NO10/c1-4-5-6-9-12-15-28(38)16-13-10-7-8-11-14-17-30(36(46,35(44)45)25-32(39)40)33(41)37-31(34(42)43)24-27-18-20-29(21-19-27)47-23-22-26(2)3/h14,17-22,28,30-31,38,46H,4-13,15-16,23-25H2,1-3H3,(H,37,41)(H,39,40)(H,42,43)(H,44,45)/b17-14+/t28?,30-,31+,36?/m1/s1. The summed E-state index contributed by atoms with van der Waals surface area (Å²) in [5.41, 5.74) is -1.36. The Bertz CT molecular complexity index is 1160. The van der Waals surface area contributed by atoms with Gasteiger partial charge in [-0.1, -0.05) is 88.1 Å². The summed E-state index contributed by atoms with van der Waals surface area (Å²) in [5.74, 6) is -7.35. The van der Waals surface area contributed by atoms with Crippen molar-refractivity contribution in [3.05, 3.63) is 53.6 Å². The SMILES string of the molecule is CCCCCCCC(O)CCCCCC/C=C/[C@H](C(=O)N[C@@H](Cc1ccc(OCC=C(C)C)cc1)C(=O)O)C(O)(CC(=O)O)C(=O)O. The van der Waals surface area contributed by atoms with E-state index >= 15 is 0 Å². The molecule has 4 atom stereocenters. The number of aliphatic hydroxyl groups is 2. The van der Waals surface area contributed by atoms with E-state index in [-0.39, 0.29) is 12.5 Å². The second kappa shape index (κ2) is 22.8. The quantitative estimate of drug-likeness (QED) is 0.0533. The van der Waals surface area contributed by atoms with Crippen LogP contribution in [-0.2, 0) is 25.6 Å². The summed E-state index contributed by atoms with van der Waals surface area (Å²) >= 11 is 0. The van der Waals surface area contributed by atoms with Crippen LogP contribution in [0.5, 0.6) is 5.75 Å². The van der Waals surface area contributed by atoms with E-state index in [0.717, 1.165) is 56.6 Å². The highest BCUT2D eigenvalue weighted by Crippen LogP contribution is 2.26. The Labute approximate surface area is 278 Å². The van der Waals surface area contributed by atoms with E-state index in [0.29, 0.717) is 30.8 Å². The molecule has 0 aliphatic heterocycles. The molecule has 0 bridgehead atoms. The number of allylic oxidation sites excluding steroid dienone is 2. The van der Waals surface area contributed by atoms with Crippen molar-refractivity contribution < 1.29 is 49.4 Å². The van der Waals surface area contributed by atoms with E-state index in [1.54, 1.807) is 24.3 Å². The summed E-state index contributed by atoms with van der Waals surface area (Å²) in [4.78, 5) is 48.9. The molecular formula is C36H55NO10. The van der Waals surface area contributed by atoms with Crippen LogP contribution in [0, 0.1) is 5.92 Å². The molecule has 47 heavy (non-hydrogen) atoms. The smallest absolute Gasteiger partial charge is 0.337 e. The first kappa shape index (κ1) is 41.3. The molecule has 0 heterocycles. The monoisotopic (exact) mass is 661 g/mol. The number of unbranched alkanes of at least 4 members (excludes halogenated alkanes) is 8. The van der Waals surface area contributed by atoms with Crippen LogP contribution < -0.4 is 10.1 Å². The lowest BCUT2D eigenvalue weighted by molar-refractivity contribution is -0.172. The van der Waals surface area contributed by atoms with Gasteiger partial charge in [-0.05, 0) is 63.3 Å². The first-order valence-electron chi connectivity index (χ1n) is 16.7. The van der Waals surface area contributed by atoms with Crippen molar-refractivity contribution in [2.45, 2.75) is 128 Å². The minimum absolute atomic E-state index is 0.149. The fraction of sp³-hybridized carbons (Fsp3) is 0.611. The van der Waals surface area contributed by atoms with E-state index in [2.05, 4.69) is 12.2 Å². The highest BCUT2D eigenvalue weighted by atomic mass is 16.5. The molecule has 0 fully saturated rings. The predicted octanol–water partition coefficient (Wildman–Crippen LogP) is 5.67. The van der Waals surface area contributed by atoms with E-state index in [4.69, 9.17) is 4.74 Å². The fourth-order valence-electron chi connectivity index (χ4n) is 5.09. The van der Waals surface area contributed by atoms with Crippen molar-refractivity contribution in [1.82, 2.24) is 5.32 Å². The molecule has 1 rings (SSSR count). The molecule has 0 radical (unpaired) electrons. The van der Waals surface area contributed by atoms with Crippen molar-refractivity contribution >= 4 is 23.8 Å². The Balaban J connectivity index is 2.83. The molecule has 0 aliphatic carbocycles. The van der Waals surface area contributed by atoms with Gasteiger partial charge in [-0.15, -0.1) is 0 Å². The van der Waals surface area contributed by atoms with Crippen molar-refractivity contribution in [2.75, 3.05) is 6.61 Å². The number of hydrogen-bond donors (Lipinski definition) is 6. The zero-order valence-corrected chi connectivity index (χ0v) is 28.2. The third-order valence-electron chi connectivity index (χ3n) is 7.93. The largest absolute Gasteiger partial charge is 0.490 e. The zero-order valence-electron chi connectivity index (χ0n) is 28.2. The maximum Gasteiger partial charge on any atom is 0.337 e. The molecule has 0 saturated carbocycles. The van der Waals surface area contributed by atoms with Crippen LogP contribution >= 0.6 is 0 Å². The maximum atomic E-state index is 13.3. The summed E-state index contributed by atoms with van der Waals surface area (Å²) in [6.45, 7) is 6.43. The molecule has 1 amide bonds. The molecule has 0 saturated heterocycles. The van der Waals surface area contributed by atoms with Crippen molar-refractivity contribution in [2.24, 2.45) is 5.92 Å². The third-order valence-corrected chi connectivity index (χ3v) is 7.93. The first-order valence-corrected chi connectivity index (χ1v) is 16.7. The number of carboxylic acids is 3. The molecule has 0 aliphatic rings. The average Bonchev–Trinajstić information content (AvgIpc) is 2.99. The van der Waals surface area contributed by atoms with Gasteiger partial charge in [-0.3, -0.25) is 9.59 Å². The summed E-state index contributed by atoms with van der Waals surface area (Å²) in [6.07, 6.45) is 13.8. The van der Waals surface area contributed by atoms with Crippen LogP contribution in [0.1, 0.15) is 110 Å². The lowest BCUT2D eigenvalue weighted by Crippen LogP contribution is -2.55. The number of amides is 1. The normalized spacial score (nSPS) is 14.5. The van der Waals surface area contributed by atoms with E-state index in [1.807, 2.05) is 19.9 Å². The second-order valence-corrected chi connectivity index (χ2v) is 12.4. The van der Waals surface area contributed by atoms with Gasteiger partial charge in [0.25, 0.3) is 0 Å². The summed E-state index contributed by atoms with van der Waals surface area (Å²) < 4.78 is 5.61. The van der Waals surface area contributed by atoms with Crippen LogP contribution in [0.25, 0.3) is 0 Å². The number of aliphatic carboxylic acids is 3. The number of carbonyl (C=O) groups is 4. The lowest BCUT2D eigenvalue weighted by Gasteiger charge is -2.29. The Morgan fingerprint density at radius 2 is 1.49 bits per heavy atom. The summed E-state index contributed by atoms with van der Waals surface area (Å²) in [5, 5.41) is 52.3. The van der Waals surface area contributed by atoms with Crippen molar-refractivity contribution in [1.29, 1.82) is 0 Å². The van der Waals surface area contributed by atoms with Gasteiger partial charge in [0.2, 0.25) is 5.91 Å². The minimum atomic E-state index is -3.01. The van der Waals surface area contributed by atoms with Crippen LogP contribution in [0.15, 0.2) is 48.1 Å². The van der Waals surface area contributed by atoms with Gasteiger partial charge in [0, 0.05) is 6.42 Å². The van der Waals surface area contributed by atoms with Crippen molar-refractivity contribution in [3.63, 3.8) is 0 Å². The molecule has 11 nitrogen and oxygen atoms in total. The molecule has 0 spiro atoms. The van der Waals surface area contributed by atoms with Crippen LogP contribution in [0.4, 0.5) is 0 Å². The number of hydrogen-bond acceptors (Lipinski definition) is 7. The summed E-state index contributed by atoms with van der Waals surface area (Å²) in [7, 11) is 0. The second-order valence-electron chi connectivity index (χ2n) is 12.4. The molecule has 11 heteroatoms. The van der Waals surface area contributed by atoms with Crippen molar-refractivity contribution in [3.8, 4) is 5.75 Å². The highest BCUT2D eigenvalue weighted by molar-refractivity contribution is 5.94. The molecule has 0 aromatic heterocycles. The topological polar surface area (TPSA) is 191 Å². The molecule has 2 unspecified atom stereocenters. The van der Waals surface area contributed by atoms with E-state index in [1.165, 1.54) is 25.3 Å². The number of benzene rings is 1. The summed E-state index contributed by atoms with van der Waals surface area (Å²) in [6, 6.07) is 5.13. The lowest BCUT2D eigenvalue weighted by atomic mass is 9.82. The van der Waals surface area contributed by atoms with E-state index in [9.17, 15) is 44.7 Å². The zero-order chi connectivity index (χ0) is 35.2. The predicted molar refractivity (Wildman–Crippen MR) is 179 cm³/mol. The average molecular weight is 662 g/mol. The molecule has 1 aromatic rings. The number of carboxylic acid groups (broad SMARTS) is 3. The molecular weight excluding hydrogens is 606 g/mol. The molecule has 264 valence electrons. The van der Waals surface area contributed by atoms with Gasteiger partial charge in [-0.25, -0.2) is 9.59 Å². The number of carbonyl (C=O) groups excluding carboxylic acids is 1. The fourth-order valence-corrected chi connectivity index (χ4v) is 5.09. The number of ether oxygens (including phenoxy) is 1. The first-order chi connectivity index (χ1) is 22.3. The number of nitrogens with one attached hydrogen (secondary N) is 1. The van der Waals surface area contributed by atoms with Gasteiger partial charge in [-0.2, -0.15) is 0 Å².